The van der Waals surface area contributed by atoms with Gasteiger partial charge in [-0.1, -0.05) is 11.2 Å². The zero-order valence-corrected chi connectivity index (χ0v) is 20.4. The molecule has 0 atom stereocenters. The van der Waals surface area contributed by atoms with Gasteiger partial charge in [0.15, 0.2) is 11.6 Å². The lowest BCUT2D eigenvalue weighted by Gasteiger charge is -2.61. The van der Waals surface area contributed by atoms with Gasteiger partial charge in [0.05, 0.1) is 16.9 Å². The van der Waals surface area contributed by atoms with E-state index in [1.807, 2.05) is 42.9 Å². The Morgan fingerprint density at radius 3 is 2.59 bits per heavy atom. The average Bonchev–Trinajstić information content (AvgIpc) is 2.87. The van der Waals surface area contributed by atoms with Crippen LogP contribution in [0.15, 0.2) is 72.3 Å². The van der Waals surface area contributed by atoms with Crippen LogP contribution in [0.25, 0.3) is 11.0 Å². The highest BCUT2D eigenvalue weighted by atomic mass is 19.2. The summed E-state index contributed by atoms with van der Waals surface area (Å²) in [5.41, 5.74) is 5.74. The van der Waals surface area contributed by atoms with E-state index in [0.29, 0.717) is 29.0 Å². The molecule has 37 heavy (non-hydrogen) atoms. The van der Waals surface area contributed by atoms with Gasteiger partial charge in [-0.15, -0.1) is 0 Å². The van der Waals surface area contributed by atoms with Crippen LogP contribution in [0.1, 0.15) is 23.7 Å². The minimum absolute atomic E-state index is 0.321. The molecule has 2 fully saturated rings. The van der Waals surface area contributed by atoms with E-state index >= 15 is 0 Å². The third-order valence-electron chi connectivity index (χ3n) is 6.94. The third-order valence-corrected chi connectivity index (χ3v) is 6.94. The summed E-state index contributed by atoms with van der Waals surface area (Å²) < 4.78 is 27.2. The van der Waals surface area contributed by atoms with Crippen LogP contribution in [0.3, 0.4) is 0 Å². The SMILES string of the molecule is CCO/N=C(\c1ccc(F)c(F)c1)c1ccc(CN2CC3(C2)CN(c2ccnc4cccnc24)C3)cn1. The summed E-state index contributed by atoms with van der Waals surface area (Å²) in [5, 5.41) is 4.10. The predicted octanol–water partition coefficient (Wildman–Crippen LogP) is 4.41. The highest BCUT2D eigenvalue weighted by Crippen LogP contribution is 2.43. The molecule has 2 aliphatic rings. The van der Waals surface area contributed by atoms with E-state index in [9.17, 15) is 8.78 Å². The van der Waals surface area contributed by atoms with Gasteiger partial charge in [-0.3, -0.25) is 19.9 Å². The van der Waals surface area contributed by atoms with Crippen molar-refractivity contribution < 1.29 is 13.6 Å². The Morgan fingerprint density at radius 1 is 0.973 bits per heavy atom. The number of hydrogen-bond donors (Lipinski definition) is 0. The van der Waals surface area contributed by atoms with Crippen LogP contribution in [0, 0.1) is 17.0 Å². The molecule has 1 aromatic carbocycles. The molecule has 0 aliphatic carbocycles. The fourth-order valence-corrected chi connectivity index (χ4v) is 5.30. The minimum atomic E-state index is -0.937. The highest BCUT2D eigenvalue weighted by molar-refractivity contribution is 6.11. The van der Waals surface area contributed by atoms with Crippen LogP contribution in [-0.4, -0.2) is 58.3 Å². The van der Waals surface area contributed by atoms with Crippen LogP contribution in [0.5, 0.6) is 0 Å². The van der Waals surface area contributed by atoms with Crippen LogP contribution in [0.2, 0.25) is 0 Å². The topological polar surface area (TPSA) is 66.7 Å². The van der Waals surface area contributed by atoms with E-state index < -0.39 is 11.6 Å². The van der Waals surface area contributed by atoms with Gasteiger partial charge in [-0.25, -0.2) is 8.78 Å². The molecule has 5 heterocycles. The number of nitrogens with zero attached hydrogens (tertiary/aromatic N) is 6. The lowest BCUT2D eigenvalue weighted by atomic mass is 9.72. The Bertz CT molecular complexity index is 1460. The first kappa shape index (κ1) is 23.4. The maximum atomic E-state index is 13.8. The van der Waals surface area contributed by atoms with E-state index in [1.54, 1.807) is 6.92 Å². The summed E-state index contributed by atoms with van der Waals surface area (Å²) in [4.78, 5) is 23.5. The number of benzene rings is 1. The molecule has 6 rings (SSSR count). The number of likely N-dealkylation sites (tertiary alicyclic amines) is 1. The number of fused-ring (bicyclic) bond motifs is 1. The molecule has 2 aliphatic heterocycles. The van der Waals surface area contributed by atoms with Gasteiger partial charge in [0.1, 0.15) is 17.8 Å². The summed E-state index contributed by atoms with van der Waals surface area (Å²) in [7, 11) is 0. The van der Waals surface area contributed by atoms with Gasteiger partial charge in [-0.2, -0.15) is 0 Å². The van der Waals surface area contributed by atoms with Crippen molar-refractivity contribution in [1.82, 2.24) is 19.9 Å². The number of rotatable bonds is 7. The minimum Gasteiger partial charge on any atom is -0.396 e. The smallest absolute Gasteiger partial charge is 0.159 e. The van der Waals surface area contributed by atoms with Crippen LogP contribution in [-0.2, 0) is 11.4 Å². The maximum absolute atomic E-state index is 13.8. The first-order valence-corrected chi connectivity index (χ1v) is 12.3. The van der Waals surface area contributed by atoms with Crippen molar-refractivity contribution in [3.05, 3.63) is 95.6 Å². The van der Waals surface area contributed by atoms with Gasteiger partial charge in [-0.05, 0) is 55.0 Å². The Hall–Kier alpha value is -3.98. The molecular weight excluding hydrogens is 474 g/mol. The molecule has 4 aromatic rings. The van der Waals surface area contributed by atoms with E-state index in [0.717, 1.165) is 67.1 Å². The normalized spacial score (nSPS) is 17.1. The Labute approximate surface area is 213 Å². The van der Waals surface area contributed by atoms with Crippen LogP contribution in [0.4, 0.5) is 14.5 Å². The number of anilines is 1. The van der Waals surface area contributed by atoms with Crippen LogP contribution >= 0.6 is 0 Å². The fraction of sp³-hybridized carbons (Fsp3) is 0.286. The summed E-state index contributed by atoms with van der Waals surface area (Å²) >= 11 is 0. The van der Waals surface area contributed by atoms with E-state index in [2.05, 4.69) is 36.0 Å². The number of hydrogen-bond acceptors (Lipinski definition) is 7. The molecule has 7 nitrogen and oxygen atoms in total. The van der Waals surface area contributed by atoms with Crippen molar-refractivity contribution >= 4 is 22.4 Å². The van der Waals surface area contributed by atoms with E-state index in [1.165, 1.54) is 6.07 Å². The highest BCUT2D eigenvalue weighted by Gasteiger charge is 2.51. The fourth-order valence-electron chi connectivity index (χ4n) is 5.30. The Kier molecular flexibility index (Phi) is 6.00. The second-order valence-electron chi connectivity index (χ2n) is 9.74. The van der Waals surface area contributed by atoms with E-state index in [4.69, 9.17) is 4.84 Å². The van der Waals surface area contributed by atoms with Gasteiger partial charge in [0.2, 0.25) is 0 Å². The molecule has 9 heteroatoms. The molecule has 0 amide bonds. The van der Waals surface area contributed by atoms with Gasteiger partial charge >= 0.3 is 0 Å². The number of aromatic nitrogens is 3. The lowest BCUT2D eigenvalue weighted by molar-refractivity contribution is -0.0272. The maximum Gasteiger partial charge on any atom is 0.159 e. The average molecular weight is 501 g/mol. The van der Waals surface area contributed by atoms with Gasteiger partial charge in [0.25, 0.3) is 0 Å². The first-order chi connectivity index (χ1) is 18.0. The van der Waals surface area contributed by atoms with Gasteiger partial charge in [0, 0.05) is 62.3 Å². The van der Waals surface area contributed by atoms with Crippen molar-refractivity contribution in [2.24, 2.45) is 10.6 Å². The molecule has 2 saturated heterocycles. The van der Waals surface area contributed by atoms with E-state index in [-0.39, 0.29) is 0 Å². The molecule has 1 spiro atoms. The Morgan fingerprint density at radius 2 is 1.84 bits per heavy atom. The molecular formula is C28H26F2N6O. The van der Waals surface area contributed by atoms with Crippen molar-refractivity contribution in [3.8, 4) is 0 Å². The molecule has 0 unspecified atom stereocenters. The summed E-state index contributed by atoms with van der Waals surface area (Å²) in [6, 6.07) is 13.5. The molecule has 0 bridgehead atoms. The standard InChI is InChI=1S/C28H26F2N6O/c1-2-37-34-26(20-6-7-21(29)22(30)12-20)24-8-5-19(13-33-24)14-35-15-28(16-35)17-36(18-28)25-9-11-31-23-4-3-10-32-27(23)25/h3-13H,2,14-18H2,1H3/b34-26+. The van der Waals surface area contributed by atoms with Crippen molar-refractivity contribution in [1.29, 1.82) is 0 Å². The second-order valence-corrected chi connectivity index (χ2v) is 9.74. The molecule has 0 radical (unpaired) electrons. The predicted molar refractivity (Wildman–Crippen MR) is 137 cm³/mol. The van der Waals surface area contributed by atoms with Crippen molar-refractivity contribution in [2.75, 3.05) is 37.7 Å². The van der Waals surface area contributed by atoms with Crippen molar-refractivity contribution in [2.45, 2.75) is 13.5 Å². The largest absolute Gasteiger partial charge is 0.396 e. The summed E-state index contributed by atoms with van der Waals surface area (Å²) in [6.45, 7) is 7.07. The first-order valence-electron chi connectivity index (χ1n) is 12.3. The number of pyridine rings is 3. The molecule has 188 valence electrons. The summed E-state index contributed by atoms with van der Waals surface area (Å²) in [6.07, 6.45) is 5.48. The quantitative estimate of drug-likeness (QED) is 0.277. The number of oxime groups is 1. The summed E-state index contributed by atoms with van der Waals surface area (Å²) in [5.74, 6) is -1.84. The Balaban J connectivity index is 1.08. The third kappa shape index (κ3) is 4.51. The number of halogens is 2. The zero-order valence-electron chi connectivity index (χ0n) is 20.4. The molecule has 0 N–H and O–H groups in total. The van der Waals surface area contributed by atoms with Gasteiger partial charge < -0.3 is 9.74 Å². The molecule has 3 aromatic heterocycles. The molecule has 0 saturated carbocycles. The monoisotopic (exact) mass is 500 g/mol. The van der Waals surface area contributed by atoms with Crippen LogP contribution < -0.4 is 4.90 Å². The van der Waals surface area contributed by atoms with Crippen molar-refractivity contribution in [3.63, 3.8) is 0 Å². The second kappa shape index (κ2) is 9.48. The lowest BCUT2D eigenvalue weighted by Crippen LogP contribution is -2.72. The zero-order chi connectivity index (χ0) is 25.4.